The van der Waals surface area contributed by atoms with Crippen LogP contribution in [0.4, 0.5) is 0 Å². The molecule has 0 aliphatic carbocycles. The van der Waals surface area contributed by atoms with Gasteiger partial charge in [0, 0.05) is 25.3 Å². The molecule has 3 unspecified atom stereocenters. The van der Waals surface area contributed by atoms with Crippen molar-refractivity contribution in [3.05, 3.63) is 35.9 Å². The molecule has 3 atom stereocenters. The van der Waals surface area contributed by atoms with Crippen LogP contribution in [-0.4, -0.2) is 47.6 Å². The van der Waals surface area contributed by atoms with Crippen LogP contribution in [0.1, 0.15) is 43.5 Å². The van der Waals surface area contributed by atoms with Gasteiger partial charge in [0.15, 0.2) is 0 Å². The fraction of sp³-hybridized carbons (Fsp3) is 0.579. The van der Waals surface area contributed by atoms with Gasteiger partial charge in [-0.25, -0.2) is 0 Å². The lowest BCUT2D eigenvalue weighted by atomic mass is 9.94. The molecule has 0 aromatic heterocycles. The smallest absolute Gasteiger partial charge is 0.251 e. The molecule has 2 amide bonds. The molecule has 2 rings (SSSR count). The molecular formula is C19H28N2O3. The van der Waals surface area contributed by atoms with Crippen LogP contribution in [0.3, 0.4) is 0 Å². The van der Waals surface area contributed by atoms with Crippen molar-refractivity contribution in [1.82, 2.24) is 10.2 Å². The second-order valence-corrected chi connectivity index (χ2v) is 6.68. The summed E-state index contributed by atoms with van der Waals surface area (Å²) in [6.07, 6.45) is 2.66. The molecule has 1 heterocycles. The van der Waals surface area contributed by atoms with E-state index in [1.165, 1.54) is 0 Å². The number of benzene rings is 1. The van der Waals surface area contributed by atoms with E-state index in [0.29, 0.717) is 18.7 Å². The monoisotopic (exact) mass is 332 g/mol. The van der Waals surface area contributed by atoms with Crippen molar-refractivity contribution in [2.24, 2.45) is 11.8 Å². The first-order chi connectivity index (χ1) is 11.6. The van der Waals surface area contributed by atoms with Crippen molar-refractivity contribution in [3.8, 4) is 0 Å². The maximum atomic E-state index is 13.0. The molecule has 1 fully saturated rings. The van der Waals surface area contributed by atoms with Crippen LogP contribution < -0.4 is 5.32 Å². The highest BCUT2D eigenvalue weighted by atomic mass is 16.3. The van der Waals surface area contributed by atoms with Gasteiger partial charge < -0.3 is 15.3 Å². The summed E-state index contributed by atoms with van der Waals surface area (Å²) >= 11 is 0. The van der Waals surface area contributed by atoms with Gasteiger partial charge in [0.1, 0.15) is 6.04 Å². The minimum Gasteiger partial charge on any atom is -0.396 e. The Morgan fingerprint density at radius 1 is 1.33 bits per heavy atom. The number of nitrogens with zero attached hydrogens (tertiary/aromatic N) is 1. The second kappa shape index (κ2) is 8.83. The van der Waals surface area contributed by atoms with Crippen molar-refractivity contribution < 1.29 is 14.7 Å². The summed E-state index contributed by atoms with van der Waals surface area (Å²) in [5.74, 6) is -0.0541. The SMILES string of the molecule is CCC(C)C(NC(=O)c1ccccc1)C(=O)N1CCCC(CO)C1. The lowest BCUT2D eigenvalue weighted by Crippen LogP contribution is -2.54. The Morgan fingerprint density at radius 2 is 2.04 bits per heavy atom. The van der Waals surface area contributed by atoms with Crippen LogP contribution in [0.2, 0.25) is 0 Å². The molecule has 0 saturated carbocycles. The first kappa shape index (κ1) is 18.5. The topological polar surface area (TPSA) is 69.6 Å². The zero-order valence-corrected chi connectivity index (χ0v) is 14.6. The van der Waals surface area contributed by atoms with Gasteiger partial charge in [-0.15, -0.1) is 0 Å². The van der Waals surface area contributed by atoms with Gasteiger partial charge in [0.05, 0.1) is 0 Å². The normalized spacial score (nSPS) is 20.3. The third kappa shape index (κ3) is 4.57. The maximum absolute atomic E-state index is 13.0. The number of piperidine rings is 1. The maximum Gasteiger partial charge on any atom is 0.251 e. The van der Waals surface area contributed by atoms with Gasteiger partial charge in [0.2, 0.25) is 5.91 Å². The zero-order chi connectivity index (χ0) is 17.5. The lowest BCUT2D eigenvalue weighted by molar-refractivity contribution is -0.136. The highest BCUT2D eigenvalue weighted by molar-refractivity contribution is 5.97. The van der Waals surface area contributed by atoms with Gasteiger partial charge in [-0.2, -0.15) is 0 Å². The fourth-order valence-electron chi connectivity index (χ4n) is 3.11. The second-order valence-electron chi connectivity index (χ2n) is 6.68. The Kier molecular flexibility index (Phi) is 6.79. The lowest BCUT2D eigenvalue weighted by Gasteiger charge is -2.36. The van der Waals surface area contributed by atoms with E-state index in [1.807, 2.05) is 32.0 Å². The number of hydrogen-bond donors (Lipinski definition) is 2. The zero-order valence-electron chi connectivity index (χ0n) is 14.6. The van der Waals surface area contributed by atoms with Crippen LogP contribution in [0.15, 0.2) is 30.3 Å². The summed E-state index contributed by atoms with van der Waals surface area (Å²) in [5, 5.41) is 12.3. The molecule has 0 bridgehead atoms. The average Bonchev–Trinajstić information content (AvgIpc) is 2.65. The Morgan fingerprint density at radius 3 is 2.67 bits per heavy atom. The molecule has 1 aromatic carbocycles. The van der Waals surface area contributed by atoms with E-state index in [9.17, 15) is 14.7 Å². The molecule has 1 aliphatic heterocycles. The summed E-state index contributed by atoms with van der Waals surface area (Å²) in [6.45, 7) is 5.38. The van der Waals surface area contributed by atoms with E-state index in [1.54, 1.807) is 17.0 Å². The van der Waals surface area contributed by atoms with E-state index in [-0.39, 0.29) is 30.3 Å². The number of nitrogens with one attached hydrogen (secondary N) is 1. The summed E-state index contributed by atoms with van der Waals surface area (Å²) in [4.78, 5) is 27.2. The van der Waals surface area contributed by atoms with Gasteiger partial charge in [-0.3, -0.25) is 9.59 Å². The number of likely N-dealkylation sites (tertiary alicyclic amines) is 1. The van der Waals surface area contributed by atoms with Crippen molar-refractivity contribution in [3.63, 3.8) is 0 Å². The van der Waals surface area contributed by atoms with Crippen molar-refractivity contribution in [1.29, 1.82) is 0 Å². The first-order valence-electron chi connectivity index (χ1n) is 8.82. The molecular weight excluding hydrogens is 304 g/mol. The van der Waals surface area contributed by atoms with E-state index < -0.39 is 6.04 Å². The highest BCUT2D eigenvalue weighted by Gasteiger charge is 2.32. The van der Waals surface area contributed by atoms with Crippen molar-refractivity contribution >= 4 is 11.8 Å². The van der Waals surface area contributed by atoms with E-state index in [2.05, 4.69) is 5.32 Å². The molecule has 1 aliphatic rings. The predicted octanol–water partition coefficient (Wildman–Crippen LogP) is 2.06. The molecule has 132 valence electrons. The number of hydrogen-bond acceptors (Lipinski definition) is 3. The summed E-state index contributed by atoms with van der Waals surface area (Å²) in [5.41, 5.74) is 0.561. The molecule has 5 nitrogen and oxygen atoms in total. The van der Waals surface area contributed by atoms with Crippen LogP contribution in [0.5, 0.6) is 0 Å². The average molecular weight is 332 g/mol. The molecule has 0 spiro atoms. The number of carbonyl (C=O) groups is 2. The Balaban J connectivity index is 2.10. The number of aliphatic hydroxyl groups is 1. The van der Waals surface area contributed by atoms with Crippen molar-refractivity contribution in [2.45, 2.75) is 39.2 Å². The number of aliphatic hydroxyl groups excluding tert-OH is 1. The van der Waals surface area contributed by atoms with Gasteiger partial charge in [0.25, 0.3) is 5.91 Å². The van der Waals surface area contributed by atoms with Gasteiger partial charge in [-0.1, -0.05) is 38.5 Å². The Bertz CT molecular complexity index is 547. The highest BCUT2D eigenvalue weighted by Crippen LogP contribution is 2.19. The minimum absolute atomic E-state index is 0.0354. The molecule has 5 heteroatoms. The number of carbonyl (C=O) groups excluding carboxylic acids is 2. The van der Waals surface area contributed by atoms with E-state index in [4.69, 9.17) is 0 Å². The Labute approximate surface area is 144 Å². The minimum atomic E-state index is -0.528. The standard InChI is InChI=1S/C19H28N2O3/c1-3-14(2)17(20-18(23)16-9-5-4-6-10-16)19(24)21-11-7-8-15(12-21)13-22/h4-6,9-10,14-15,17,22H,3,7-8,11-13H2,1-2H3,(H,20,23). The molecule has 2 N–H and O–H groups in total. The molecule has 24 heavy (non-hydrogen) atoms. The summed E-state index contributed by atoms with van der Waals surface area (Å²) < 4.78 is 0. The summed E-state index contributed by atoms with van der Waals surface area (Å²) in [6, 6.07) is 8.44. The largest absolute Gasteiger partial charge is 0.396 e. The Hall–Kier alpha value is -1.88. The fourth-order valence-corrected chi connectivity index (χ4v) is 3.11. The molecule has 1 saturated heterocycles. The van der Waals surface area contributed by atoms with E-state index in [0.717, 1.165) is 19.3 Å². The van der Waals surface area contributed by atoms with Crippen LogP contribution in [0, 0.1) is 11.8 Å². The third-order valence-electron chi connectivity index (χ3n) is 4.89. The predicted molar refractivity (Wildman–Crippen MR) is 93.5 cm³/mol. The number of amides is 2. The van der Waals surface area contributed by atoms with Crippen LogP contribution in [0.25, 0.3) is 0 Å². The molecule has 0 radical (unpaired) electrons. The first-order valence-corrected chi connectivity index (χ1v) is 8.82. The van der Waals surface area contributed by atoms with Crippen LogP contribution >= 0.6 is 0 Å². The van der Waals surface area contributed by atoms with Crippen LogP contribution in [-0.2, 0) is 4.79 Å². The van der Waals surface area contributed by atoms with Crippen molar-refractivity contribution in [2.75, 3.05) is 19.7 Å². The third-order valence-corrected chi connectivity index (χ3v) is 4.89. The quantitative estimate of drug-likeness (QED) is 0.838. The van der Waals surface area contributed by atoms with E-state index >= 15 is 0 Å². The molecule has 1 aromatic rings. The van der Waals surface area contributed by atoms with Gasteiger partial charge >= 0.3 is 0 Å². The number of rotatable bonds is 6. The summed E-state index contributed by atoms with van der Waals surface area (Å²) in [7, 11) is 0. The van der Waals surface area contributed by atoms with Gasteiger partial charge in [-0.05, 0) is 36.8 Å².